The number of hydrogen-bond donors (Lipinski definition) is 3. The van der Waals surface area contributed by atoms with Crippen molar-refractivity contribution in [1.29, 1.82) is 0 Å². The number of hydrogen-bond acceptors (Lipinski definition) is 4. The van der Waals surface area contributed by atoms with E-state index in [1.807, 2.05) is 35.7 Å². The second-order valence-corrected chi connectivity index (χ2v) is 7.52. The van der Waals surface area contributed by atoms with E-state index in [9.17, 15) is 4.79 Å². The Bertz CT molecular complexity index is 663. The highest BCUT2D eigenvalue weighted by molar-refractivity contribution is 7.10. The Morgan fingerprint density at radius 3 is 2.75 bits per heavy atom. The molecule has 1 aromatic heterocycles. The molecule has 1 aliphatic rings. The van der Waals surface area contributed by atoms with Crippen LogP contribution in [0.3, 0.4) is 0 Å². The SMILES string of the molecule is Nc1cc(NC(=O)Cc2cccs2)ccc1NCC1CCCCC1. The van der Waals surface area contributed by atoms with Gasteiger partial charge < -0.3 is 16.4 Å². The maximum atomic E-state index is 12.0. The summed E-state index contributed by atoms with van der Waals surface area (Å²) in [6.07, 6.45) is 7.08. The fraction of sp³-hybridized carbons (Fsp3) is 0.421. The van der Waals surface area contributed by atoms with Gasteiger partial charge in [-0.1, -0.05) is 25.3 Å². The summed E-state index contributed by atoms with van der Waals surface area (Å²) in [6.45, 7) is 0.980. The first-order chi connectivity index (χ1) is 11.7. The van der Waals surface area contributed by atoms with Crippen molar-refractivity contribution in [2.75, 3.05) is 22.9 Å². The minimum Gasteiger partial charge on any atom is -0.397 e. The number of carbonyl (C=O) groups is 1. The van der Waals surface area contributed by atoms with Crippen LogP contribution in [0.4, 0.5) is 17.1 Å². The summed E-state index contributed by atoms with van der Waals surface area (Å²) in [7, 11) is 0. The summed E-state index contributed by atoms with van der Waals surface area (Å²) < 4.78 is 0. The third-order valence-corrected chi connectivity index (χ3v) is 5.43. The first kappa shape index (κ1) is 16.8. The quantitative estimate of drug-likeness (QED) is 0.676. The van der Waals surface area contributed by atoms with E-state index in [-0.39, 0.29) is 5.91 Å². The summed E-state index contributed by atoms with van der Waals surface area (Å²) >= 11 is 1.59. The Morgan fingerprint density at radius 1 is 1.21 bits per heavy atom. The van der Waals surface area contributed by atoms with Gasteiger partial charge in [-0.15, -0.1) is 11.3 Å². The van der Waals surface area contributed by atoms with Crippen molar-refractivity contribution in [3.8, 4) is 0 Å². The van der Waals surface area contributed by atoms with E-state index < -0.39 is 0 Å². The van der Waals surface area contributed by atoms with Gasteiger partial charge in [-0.05, 0) is 48.4 Å². The molecule has 4 nitrogen and oxygen atoms in total. The van der Waals surface area contributed by atoms with Gasteiger partial charge in [-0.3, -0.25) is 4.79 Å². The molecule has 1 heterocycles. The molecule has 4 N–H and O–H groups in total. The zero-order valence-electron chi connectivity index (χ0n) is 13.9. The van der Waals surface area contributed by atoms with E-state index in [0.29, 0.717) is 12.1 Å². The monoisotopic (exact) mass is 343 g/mol. The minimum atomic E-state index is -0.0141. The maximum absolute atomic E-state index is 12.0. The molecule has 3 rings (SSSR count). The molecule has 0 bridgehead atoms. The largest absolute Gasteiger partial charge is 0.397 e. The number of anilines is 3. The van der Waals surface area contributed by atoms with E-state index in [2.05, 4.69) is 10.6 Å². The number of rotatable bonds is 6. The van der Waals surface area contributed by atoms with Gasteiger partial charge in [0.05, 0.1) is 17.8 Å². The number of nitrogens with one attached hydrogen (secondary N) is 2. The summed E-state index contributed by atoms with van der Waals surface area (Å²) in [6, 6.07) is 9.62. The number of thiophene rings is 1. The lowest BCUT2D eigenvalue weighted by atomic mass is 9.89. The molecule has 1 fully saturated rings. The molecule has 0 aliphatic heterocycles. The molecule has 0 radical (unpaired) electrons. The molecule has 0 unspecified atom stereocenters. The van der Waals surface area contributed by atoms with E-state index in [1.165, 1.54) is 32.1 Å². The van der Waals surface area contributed by atoms with Crippen LogP contribution in [0.15, 0.2) is 35.7 Å². The maximum Gasteiger partial charge on any atom is 0.229 e. The van der Waals surface area contributed by atoms with Crippen molar-refractivity contribution < 1.29 is 4.79 Å². The normalized spacial score (nSPS) is 15.2. The van der Waals surface area contributed by atoms with Gasteiger partial charge in [0.2, 0.25) is 5.91 Å². The van der Waals surface area contributed by atoms with Crippen LogP contribution in [0.2, 0.25) is 0 Å². The number of nitrogens with two attached hydrogens (primary N) is 1. The van der Waals surface area contributed by atoms with Gasteiger partial charge in [0.15, 0.2) is 0 Å². The average Bonchev–Trinajstić information content (AvgIpc) is 3.08. The molecule has 2 aromatic rings. The van der Waals surface area contributed by atoms with E-state index >= 15 is 0 Å². The molecule has 1 aliphatic carbocycles. The van der Waals surface area contributed by atoms with Crippen LogP contribution in [-0.4, -0.2) is 12.5 Å². The van der Waals surface area contributed by atoms with Crippen LogP contribution in [0, 0.1) is 5.92 Å². The zero-order chi connectivity index (χ0) is 16.8. The first-order valence-corrected chi connectivity index (χ1v) is 9.54. The molecule has 0 spiro atoms. The smallest absolute Gasteiger partial charge is 0.229 e. The highest BCUT2D eigenvalue weighted by atomic mass is 32.1. The Labute approximate surface area is 147 Å². The number of amides is 1. The number of benzene rings is 1. The molecular formula is C19H25N3OS. The van der Waals surface area contributed by atoms with Gasteiger partial charge in [0, 0.05) is 17.1 Å². The summed E-state index contributed by atoms with van der Waals surface area (Å²) in [5.74, 6) is 0.739. The topological polar surface area (TPSA) is 67.1 Å². The Morgan fingerprint density at radius 2 is 2.04 bits per heavy atom. The molecule has 0 atom stereocenters. The lowest BCUT2D eigenvalue weighted by Crippen LogP contribution is -2.18. The molecule has 1 saturated carbocycles. The Balaban J connectivity index is 1.52. The van der Waals surface area contributed by atoms with Crippen LogP contribution in [0.25, 0.3) is 0 Å². The third kappa shape index (κ3) is 4.74. The summed E-state index contributed by atoms with van der Waals surface area (Å²) in [5, 5.41) is 8.36. The highest BCUT2D eigenvalue weighted by Crippen LogP contribution is 2.27. The lowest BCUT2D eigenvalue weighted by Gasteiger charge is -2.22. The predicted octanol–water partition coefficient (Wildman–Crippen LogP) is 4.50. The molecule has 128 valence electrons. The zero-order valence-corrected chi connectivity index (χ0v) is 14.7. The number of carbonyl (C=O) groups excluding carboxylic acids is 1. The first-order valence-electron chi connectivity index (χ1n) is 8.66. The van der Waals surface area contributed by atoms with E-state index in [1.54, 1.807) is 11.3 Å². The van der Waals surface area contributed by atoms with Crippen molar-refractivity contribution in [2.24, 2.45) is 5.92 Å². The fourth-order valence-corrected chi connectivity index (χ4v) is 3.93. The molecule has 1 amide bonds. The molecule has 24 heavy (non-hydrogen) atoms. The third-order valence-electron chi connectivity index (χ3n) is 4.56. The highest BCUT2D eigenvalue weighted by Gasteiger charge is 2.13. The van der Waals surface area contributed by atoms with Crippen LogP contribution in [0.5, 0.6) is 0 Å². The lowest BCUT2D eigenvalue weighted by molar-refractivity contribution is -0.115. The van der Waals surface area contributed by atoms with E-state index in [4.69, 9.17) is 5.73 Å². The molecule has 0 saturated heterocycles. The fourth-order valence-electron chi connectivity index (χ4n) is 3.22. The molecular weight excluding hydrogens is 318 g/mol. The Hall–Kier alpha value is -2.01. The Kier molecular flexibility index (Phi) is 5.75. The van der Waals surface area contributed by atoms with Gasteiger partial charge >= 0.3 is 0 Å². The van der Waals surface area contributed by atoms with Gasteiger partial charge in [0.25, 0.3) is 0 Å². The van der Waals surface area contributed by atoms with Crippen LogP contribution < -0.4 is 16.4 Å². The molecule has 5 heteroatoms. The van der Waals surface area contributed by atoms with Gasteiger partial charge in [-0.25, -0.2) is 0 Å². The summed E-state index contributed by atoms with van der Waals surface area (Å²) in [5.41, 5.74) is 8.52. The van der Waals surface area contributed by atoms with E-state index in [0.717, 1.165) is 28.7 Å². The second-order valence-electron chi connectivity index (χ2n) is 6.49. The van der Waals surface area contributed by atoms with Gasteiger partial charge in [-0.2, -0.15) is 0 Å². The van der Waals surface area contributed by atoms with Crippen LogP contribution in [-0.2, 0) is 11.2 Å². The van der Waals surface area contributed by atoms with Crippen molar-refractivity contribution in [1.82, 2.24) is 0 Å². The van der Waals surface area contributed by atoms with Crippen LogP contribution in [0.1, 0.15) is 37.0 Å². The van der Waals surface area contributed by atoms with Crippen molar-refractivity contribution in [2.45, 2.75) is 38.5 Å². The van der Waals surface area contributed by atoms with Crippen molar-refractivity contribution >= 4 is 34.3 Å². The van der Waals surface area contributed by atoms with Gasteiger partial charge in [0.1, 0.15) is 0 Å². The van der Waals surface area contributed by atoms with Crippen LogP contribution >= 0.6 is 11.3 Å². The van der Waals surface area contributed by atoms with Crippen molar-refractivity contribution in [3.63, 3.8) is 0 Å². The van der Waals surface area contributed by atoms with Crippen molar-refractivity contribution in [3.05, 3.63) is 40.6 Å². The minimum absolute atomic E-state index is 0.0141. The molecule has 1 aromatic carbocycles. The standard InChI is InChI=1S/C19H25N3OS/c20-17-11-15(22-19(23)12-16-7-4-10-24-16)8-9-18(17)21-13-14-5-2-1-3-6-14/h4,7-11,14,21H,1-3,5-6,12-13,20H2,(H,22,23). The predicted molar refractivity (Wildman–Crippen MR) is 103 cm³/mol. The average molecular weight is 343 g/mol. The second kappa shape index (κ2) is 8.20. The number of nitrogen functional groups attached to an aromatic ring is 1. The summed E-state index contributed by atoms with van der Waals surface area (Å²) in [4.78, 5) is 13.1.